The molecule has 1 heterocycles. The van der Waals surface area contributed by atoms with E-state index >= 15 is 0 Å². The fourth-order valence-electron chi connectivity index (χ4n) is 4.70. The SMILES string of the molecule is COc1cc(CN(C)C(=O)CN2C(=O)NC3(CCC(C)CC3)C2=O)ccc1OCc1ccccc1. The molecule has 2 fully saturated rings. The summed E-state index contributed by atoms with van der Waals surface area (Å²) in [6, 6.07) is 14.9. The van der Waals surface area contributed by atoms with Crippen LogP contribution < -0.4 is 14.8 Å². The normalized spacial score (nSPS) is 21.7. The third-order valence-corrected chi connectivity index (χ3v) is 6.98. The van der Waals surface area contributed by atoms with E-state index in [2.05, 4.69) is 12.2 Å². The Morgan fingerprint density at radius 2 is 1.80 bits per heavy atom. The molecule has 0 radical (unpaired) electrons. The Kier molecular flexibility index (Phi) is 7.28. The zero-order valence-corrected chi connectivity index (χ0v) is 20.6. The maximum atomic E-state index is 13.0. The quantitative estimate of drug-likeness (QED) is 0.583. The van der Waals surface area contributed by atoms with Crippen LogP contribution in [-0.4, -0.2) is 53.9 Å². The maximum absolute atomic E-state index is 13.0. The first-order chi connectivity index (χ1) is 16.8. The first-order valence-corrected chi connectivity index (χ1v) is 12.0. The standard InChI is InChI=1S/C27H33N3O5/c1-19-11-13-27(14-12-19)25(32)30(26(33)28-27)17-24(31)29(2)16-21-9-10-22(23(15-21)34-3)35-18-20-7-5-4-6-8-20/h4-10,15,19H,11-14,16-18H2,1-3H3,(H,28,33). The zero-order valence-electron chi connectivity index (χ0n) is 20.6. The largest absolute Gasteiger partial charge is 0.493 e. The van der Waals surface area contributed by atoms with Gasteiger partial charge in [-0.25, -0.2) is 4.79 Å². The summed E-state index contributed by atoms with van der Waals surface area (Å²) in [5.74, 6) is 1.14. The first kappa shape index (κ1) is 24.6. The lowest BCUT2D eigenvalue weighted by molar-refractivity contribution is -0.139. The third kappa shape index (κ3) is 5.42. The number of hydrogen-bond acceptors (Lipinski definition) is 5. The molecule has 1 saturated heterocycles. The van der Waals surface area contributed by atoms with Gasteiger partial charge in [-0.05, 0) is 54.9 Å². The zero-order chi connectivity index (χ0) is 25.0. The molecular formula is C27H33N3O5. The fraction of sp³-hybridized carbons (Fsp3) is 0.444. The highest BCUT2D eigenvalue weighted by atomic mass is 16.5. The number of hydrogen-bond donors (Lipinski definition) is 1. The van der Waals surface area contributed by atoms with E-state index in [9.17, 15) is 14.4 Å². The number of methoxy groups -OCH3 is 1. The Bertz CT molecular complexity index is 1080. The average Bonchev–Trinajstić information content (AvgIpc) is 3.09. The second-order valence-electron chi connectivity index (χ2n) is 9.60. The summed E-state index contributed by atoms with van der Waals surface area (Å²) in [5.41, 5.74) is 1.06. The van der Waals surface area contributed by atoms with Gasteiger partial charge in [-0.1, -0.05) is 43.3 Å². The van der Waals surface area contributed by atoms with Crippen LogP contribution in [0, 0.1) is 5.92 Å². The average molecular weight is 480 g/mol. The molecule has 0 bridgehead atoms. The molecule has 2 aliphatic rings. The van der Waals surface area contributed by atoms with Gasteiger partial charge in [0.1, 0.15) is 18.7 Å². The Morgan fingerprint density at radius 1 is 1.09 bits per heavy atom. The molecule has 0 aromatic heterocycles. The minimum Gasteiger partial charge on any atom is -0.493 e. The summed E-state index contributed by atoms with van der Waals surface area (Å²) in [6.45, 7) is 2.61. The minimum atomic E-state index is -0.842. The molecule has 1 spiro atoms. The van der Waals surface area contributed by atoms with Crippen molar-refractivity contribution in [3.05, 3.63) is 59.7 Å². The number of imide groups is 1. The highest BCUT2D eigenvalue weighted by molar-refractivity contribution is 6.09. The lowest BCUT2D eigenvalue weighted by Crippen LogP contribution is -2.50. The van der Waals surface area contributed by atoms with Crippen LogP contribution in [-0.2, 0) is 22.7 Å². The van der Waals surface area contributed by atoms with Gasteiger partial charge in [0.05, 0.1) is 7.11 Å². The number of amides is 4. The molecule has 1 saturated carbocycles. The molecule has 186 valence electrons. The smallest absolute Gasteiger partial charge is 0.325 e. The number of nitrogens with zero attached hydrogens (tertiary/aromatic N) is 2. The van der Waals surface area contributed by atoms with Crippen molar-refractivity contribution in [2.75, 3.05) is 20.7 Å². The van der Waals surface area contributed by atoms with E-state index in [1.807, 2.05) is 48.5 Å². The van der Waals surface area contributed by atoms with Crippen LogP contribution in [0.25, 0.3) is 0 Å². The summed E-state index contributed by atoms with van der Waals surface area (Å²) < 4.78 is 11.4. The van der Waals surface area contributed by atoms with Crippen molar-refractivity contribution in [2.45, 2.75) is 51.3 Å². The molecule has 1 aliphatic heterocycles. The van der Waals surface area contributed by atoms with E-state index < -0.39 is 11.6 Å². The van der Waals surface area contributed by atoms with Crippen molar-refractivity contribution in [3.63, 3.8) is 0 Å². The summed E-state index contributed by atoms with van der Waals surface area (Å²) >= 11 is 0. The van der Waals surface area contributed by atoms with Crippen molar-refractivity contribution in [3.8, 4) is 11.5 Å². The molecule has 1 N–H and O–H groups in total. The topological polar surface area (TPSA) is 88.2 Å². The van der Waals surface area contributed by atoms with Gasteiger partial charge in [0.15, 0.2) is 11.5 Å². The molecule has 35 heavy (non-hydrogen) atoms. The second-order valence-corrected chi connectivity index (χ2v) is 9.60. The Morgan fingerprint density at radius 3 is 2.49 bits per heavy atom. The third-order valence-electron chi connectivity index (χ3n) is 6.98. The molecule has 2 aromatic rings. The summed E-state index contributed by atoms with van der Waals surface area (Å²) in [4.78, 5) is 41.0. The molecule has 1 aliphatic carbocycles. The van der Waals surface area contributed by atoms with E-state index in [-0.39, 0.29) is 18.4 Å². The number of carbonyl (C=O) groups excluding carboxylic acids is 3. The number of carbonyl (C=O) groups is 3. The van der Waals surface area contributed by atoms with Gasteiger partial charge in [0, 0.05) is 13.6 Å². The molecule has 4 amide bonds. The van der Waals surface area contributed by atoms with Crippen LogP contribution in [0.15, 0.2) is 48.5 Å². The van der Waals surface area contributed by atoms with Crippen LogP contribution in [0.2, 0.25) is 0 Å². The van der Waals surface area contributed by atoms with Gasteiger partial charge in [0.25, 0.3) is 5.91 Å². The molecular weight excluding hydrogens is 446 g/mol. The number of nitrogens with one attached hydrogen (secondary N) is 1. The van der Waals surface area contributed by atoms with Gasteiger partial charge in [-0.15, -0.1) is 0 Å². The Labute approximate surface area is 206 Å². The van der Waals surface area contributed by atoms with Crippen LogP contribution in [0.1, 0.15) is 43.7 Å². The van der Waals surface area contributed by atoms with E-state index in [1.165, 1.54) is 4.90 Å². The molecule has 0 unspecified atom stereocenters. The molecule has 8 heteroatoms. The second kappa shape index (κ2) is 10.4. The van der Waals surface area contributed by atoms with Gasteiger partial charge in [-0.3, -0.25) is 14.5 Å². The molecule has 4 rings (SSSR count). The highest BCUT2D eigenvalue weighted by Gasteiger charge is 2.52. The molecule has 0 atom stereocenters. The fourth-order valence-corrected chi connectivity index (χ4v) is 4.70. The number of likely N-dealkylation sites (N-methyl/N-ethyl adjacent to an activating group) is 1. The van der Waals surface area contributed by atoms with Crippen molar-refractivity contribution in [1.82, 2.24) is 15.1 Å². The number of ether oxygens (including phenoxy) is 2. The number of rotatable bonds is 8. The lowest BCUT2D eigenvalue weighted by Gasteiger charge is -2.33. The van der Waals surface area contributed by atoms with Gasteiger partial charge in [-0.2, -0.15) is 0 Å². The van der Waals surface area contributed by atoms with Crippen molar-refractivity contribution in [1.29, 1.82) is 0 Å². The van der Waals surface area contributed by atoms with Crippen LogP contribution in [0.5, 0.6) is 11.5 Å². The molecule has 8 nitrogen and oxygen atoms in total. The van der Waals surface area contributed by atoms with Crippen LogP contribution >= 0.6 is 0 Å². The van der Waals surface area contributed by atoms with E-state index in [1.54, 1.807) is 14.2 Å². The van der Waals surface area contributed by atoms with Crippen LogP contribution in [0.4, 0.5) is 4.79 Å². The Balaban J connectivity index is 1.35. The van der Waals surface area contributed by atoms with Gasteiger partial charge in [0.2, 0.25) is 5.91 Å². The summed E-state index contributed by atoms with van der Waals surface area (Å²) in [6.07, 6.45) is 3.02. The number of benzene rings is 2. The summed E-state index contributed by atoms with van der Waals surface area (Å²) in [7, 11) is 3.23. The van der Waals surface area contributed by atoms with E-state index in [0.717, 1.165) is 28.9 Å². The number of urea groups is 1. The Hall–Kier alpha value is -3.55. The first-order valence-electron chi connectivity index (χ1n) is 12.0. The molecule has 2 aromatic carbocycles. The summed E-state index contributed by atoms with van der Waals surface area (Å²) in [5, 5.41) is 2.86. The maximum Gasteiger partial charge on any atom is 0.325 e. The van der Waals surface area contributed by atoms with Crippen molar-refractivity contribution >= 4 is 17.8 Å². The monoisotopic (exact) mass is 479 g/mol. The van der Waals surface area contributed by atoms with E-state index in [0.29, 0.717) is 43.4 Å². The predicted octanol–water partition coefficient (Wildman–Crippen LogP) is 3.73. The van der Waals surface area contributed by atoms with Gasteiger partial charge >= 0.3 is 6.03 Å². The van der Waals surface area contributed by atoms with Gasteiger partial charge < -0.3 is 19.7 Å². The lowest BCUT2D eigenvalue weighted by atomic mass is 9.77. The van der Waals surface area contributed by atoms with Crippen molar-refractivity contribution < 1.29 is 23.9 Å². The predicted molar refractivity (Wildman–Crippen MR) is 131 cm³/mol. The van der Waals surface area contributed by atoms with Crippen molar-refractivity contribution in [2.24, 2.45) is 5.92 Å². The van der Waals surface area contributed by atoms with Crippen LogP contribution in [0.3, 0.4) is 0 Å². The van der Waals surface area contributed by atoms with E-state index in [4.69, 9.17) is 9.47 Å². The minimum absolute atomic E-state index is 0.270. The highest BCUT2D eigenvalue weighted by Crippen LogP contribution is 2.36.